The third-order valence-electron chi connectivity index (χ3n) is 2.91. The number of anilines is 1. The molecule has 2 rings (SSSR count). The molecule has 0 radical (unpaired) electrons. The number of para-hydroxylation sites is 1. The summed E-state index contributed by atoms with van der Waals surface area (Å²) in [6.07, 6.45) is 1.56. The van der Waals surface area contributed by atoms with Gasteiger partial charge in [0.25, 0.3) is 0 Å². The second kappa shape index (κ2) is 6.72. The summed E-state index contributed by atoms with van der Waals surface area (Å²) in [5.74, 6) is 0.469. The fourth-order valence-electron chi connectivity index (χ4n) is 1.91. The summed E-state index contributed by atoms with van der Waals surface area (Å²) in [4.78, 5) is 11.0. The monoisotopic (exact) mass is 273 g/mol. The van der Waals surface area contributed by atoms with Crippen molar-refractivity contribution in [2.45, 2.75) is 12.8 Å². The summed E-state index contributed by atoms with van der Waals surface area (Å²) in [6.45, 7) is 0.615. The summed E-state index contributed by atoms with van der Waals surface area (Å²) in [6, 6.07) is 11.6. The topological polar surface area (TPSA) is 99.0 Å². The lowest BCUT2D eigenvalue weighted by molar-refractivity contribution is -0.119. The number of amides is 1. The van der Waals surface area contributed by atoms with Crippen molar-refractivity contribution in [1.29, 1.82) is 0 Å². The van der Waals surface area contributed by atoms with Gasteiger partial charge in [0.2, 0.25) is 5.91 Å². The average molecular weight is 273 g/mol. The second-order valence-electron chi connectivity index (χ2n) is 4.47. The van der Waals surface area contributed by atoms with Crippen molar-refractivity contribution in [2.75, 3.05) is 18.8 Å². The molecule has 106 valence electrons. The van der Waals surface area contributed by atoms with Gasteiger partial charge in [0, 0.05) is 12.6 Å². The van der Waals surface area contributed by atoms with Gasteiger partial charge in [0.1, 0.15) is 5.82 Å². The molecule has 20 heavy (non-hydrogen) atoms. The van der Waals surface area contributed by atoms with E-state index in [2.05, 4.69) is 10.4 Å². The van der Waals surface area contributed by atoms with Crippen LogP contribution in [-0.2, 0) is 11.2 Å². The molecule has 0 atom stereocenters. The number of carbonyl (C=O) groups is 1. The van der Waals surface area contributed by atoms with E-state index < -0.39 is 0 Å². The maximum atomic E-state index is 11.0. The first kappa shape index (κ1) is 14.1. The molecule has 0 saturated carbocycles. The van der Waals surface area contributed by atoms with E-state index in [-0.39, 0.29) is 12.5 Å². The van der Waals surface area contributed by atoms with E-state index in [0.29, 0.717) is 12.4 Å². The predicted octanol–water partition coefficient (Wildman–Crippen LogP) is 0.462. The molecule has 6 nitrogen and oxygen atoms in total. The number of carbonyl (C=O) groups excluding carboxylic acids is 1. The Morgan fingerprint density at radius 2 is 2.05 bits per heavy atom. The van der Waals surface area contributed by atoms with Gasteiger partial charge in [-0.05, 0) is 25.0 Å². The van der Waals surface area contributed by atoms with Crippen molar-refractivity contribution >= 4 is 11.7 Å². The molecule has 0 fully saturated rings. The van der Waals surface area contributed by atoms with E-state index in [1.54, 1.807) is 4.68 Å². The van der Waals surface area contributed by atoms with Crippen molar-refractivity contribution in [2.24, 2.45) is 5.73 Å². The molecule has 5 N–H and O–H groups in total. The minimum atomic E-state index is -0.140. The lowest BCUT2D eigenvalue weighted by atomic mass is 10.2. The highest BCUT2D eigenvalue weighted by molar-refractivity contribution is 5.77. The molecule has 1 heterocycles. The van der Waals surface area contributed by atoms with Crippen molar-refractivity contribution in [1.82, 2.24) is 15.1 Å². The Morgan fingerprint density at radius 3 is 2.75 bits per heavy atom. The molecule has 1 aromatic heterocycles. The Kier molecular flexibility index (Phi) is 4.73. The Bertz CT molecular complexity index is 564. The number of nitrogens with zero attached hydrogens (tertiary/aromatic N) is 2. The van der Waals surface area contributed by atoms with Crippen LogP contribution in [0.4, 0.5) is 5.82 Å². The first-order chi connectivity index (χ1) is 9.70. The Morgan fingerprint density at radius 1 is 1.30 bits per heavy atom. The average Bonchev–Trinajstić information content (AvgIpc) is 2.85. The van der Waals surface area contributed by atoms with E-state index in [9.17, 15) is 4.79 Å². The number of nitrogens with two attached hydrogens (primary N) is 2. The van der Waals surface area contributed by atoms with Crippen LogP contribution in [0.2, 0.25) is 0 Å². The number of aryl methyl sites for hydroxylation is 1. The molecule has 0 aliphatic carbocycles. The number of hydrogen-bond donors (Lipinski definition) is 3. The SMILES string of the molecule is NCC(=O)NCCCc1cc(N)n(-c2ccccc2)n1. The minimum absolute atomic E-state index is 0.0234. The highest BCUT2D eigenvalue weighted by atomic mass is 16.1. The van der Waals surface area contributed by atoms with E-state index in [1.165, 1.54) is 0 Å². The van der Waals surface area contributed by atoms with Crippen LogP contribution in [0, 0.1) is 0 Å². The minimum Gasteiger partial charge on any atom is -0.384 e. The number of nitrogens with one attached hydrogen (secondary N) is 1. The zero-order valence-corrected chi connectivity index (χ0v) is 11.2. The highest BCUT2D eigenvalue weighted by Gasteiger charge is 2.06. The van der Waals surface area contributed by atoms with E-state index in [1.807, 2.05) is 36.4 Å². The lowest BCUT2D eigenvalue weighted by Crippen LogP contribution is -2.31. The van der Waals surface area contributed by atoms with Gasteiger partial charge in [-0.2, -0.15) is 5.10 Å². The van der Waals surface area contributed by atoms with Crippen LogP contribution in [0.3, 0.4) is 0 Å². The van der Waals surface area contributed by atoms with Gasteiger partial charge in [0.05, 0.1) is 17.9 Å². The molecular weight excluding hydrogens is 254 g/mol. The van der Waals surface area contributed by atoms with Crippen molar-refractivity contribution in [3.63, 3.8) is 0 Å². The van der Waals surface area contributed by atoms with E-state index >= 15 is 0 Å². The maximum absolute atomic E-state index is 11.0. The third kappa shape index (κ3) is 3.58. The molecule has 0 bridgehead atoms. The standard InChI is InChI=1S/C14H19N5O/c15-10-14(20)17-8-4-5-11-9-13(16)19(18-11)12-6-2-1-3-7-12/h1-3,6-7,9H,4-5,8,10,15-16H2,(H,17,20). The van der Waals surface area contributed by atoms with E-state index in [4.69, 9.17) is 11.5 Å². The van der Waals surface area contributed by atoms with Gasteiger partial charge in [-0.3, -0.25) is 4.79 Å². The Balaban J connectivity index is 1.93. The quantitative estimate of drug-likeness (QED) is 0.666. The second-order valence-corrected chi connectivity index (χ2v) is 4.47. The molecule has 0 spiro atoms. The van der Waals surface area contributed by atoms with E-state index in [0.717, 1.165) is 24.2 Å². The molecule has 6 heteroatoms. The first-order valence-corrected chi connectivity index (χ1v) is 6.57. The largest absolute Gasteiger partial charge is 0.384 e. The van der Waals surface area contributed by atoms with Crippen LogP contribution >= 0.6 is 0 Å². The van der Waals surface area contributed by atoms with Gasteiger partial charge in [0.15, 0.2) is 0 Å². The van der Waals surface area contributed by atoms with Crippen LogP contribution in [0.15, 0.2) is 36.4 Å². The number of nitrogen functional groups attached to an aromatic ring is 1. The van der Waals surface area contributed by atoms with Crippen molar-refractivity contribution in [3.05, 3.63) is 42.1 Å². The zero-order valence-electron chi connectivity index (χ0n) is 11.2. The predicted molar refractivity (Wildman–Crippen MR) is 78.4 cm³/mol. The van der Waals surface area contributed by atoms with Gasteiger partial charge < -0.3 is 16.8 Å². The number of benzene rings is 1. The van der Waals surface area contributed by atoms with Crippen LogP contribution in [0.1, 0.15) is 12.1 Å². The molecule has 1 aromatic carbocycles. The fraction of sp³-hybridized carbons (Fsp3) is 0.286. The van der Waals surface area contributed by atoms with Gasteiger partial charge in [-0.1, -0.05) is 18.2 Å². The lowest BCUT2D eigenvalue weighted by Gasteiger charge is -2.03. The molecule has 0 saturated heterocycles. The number of hydrogen-bond acceptors (Lipinski definition) is 4. The smallest absolute Gasteiger partial charge is 0.233 e. The van der Waals surface area contributed by atoms with Crippen LogP contribution in [0.25, 0.3) is 5.69 Å². The third-order valence-corrected chi connectivity index (χ3v) is 2.91. The zero-order chi connectivity index (χ0) is 14.4. The summed E-state index contributed by atoms with van der Waals surface area (Å²) in [7, 11) is 0. The molecule has 2 aromatic rings. The van der Waals surface area contributed by atoms with Crippen molar-refractivity contribution in [3.8, 4) is 5.69 Å². The fourth-order valence-corrected chi connectivity index (χ4v) is 1.91. The van der Waals surface area contributed by atoms with Crippen molar-refractivity contribution < 1.29 is 4.79 Å². The highest BCUT2D eigenvalue weighted by Crippen LogP contribution is 2.14. The molecule has 0 aliphatic rings. The molecule has 0 unspecified atom stereocenters. The van der Waals surface area contributed by atoms with Gasteiger partial charge in [-0.25, -0.2) is 4.68 Å². The van der Waals surface area contributed by atoms with Crippen LogP contribution < -0.4 is 16.8 Å². The maximum Gasteiger partial charge on any atom is 0.233 e. The molecule has 0 aliphatic heterocycles. The van der Waals surface area contributed by atoms with Gasteiger partial charge >= 0.3 is 0 Å². The number of rotatable bonds is 6. The summed E-state index contributed by atoms with van der Waals surface area (Å²) < 4.78 is 1.72. The summed E-state index contributed by atoms with van der Waals surface area (Å²) in [5, 5.41) is 7.20. The molecular formula is C14H19N5O. The molecule has 1 amide bonds. The summed E-state index contributed by atoms with van der Waals surface area (Å²) in [5.41, 5.74) is 13.0. The Labute approximate surface area is 117 Å². The van der Waals surface area contributed by atoms with Crippen LogP contribution in [-0.4, -0.2) is 28.8 Å². The number of aromatic nitrogens is 2. The summed E-state index contributed by atoms with van der Waals surface area (Å²) >= 11 is 0. The first-order valence-electron chi connectivity index (χ1n) is 6.57. The Hall–Kier alpha value is -2.34. The van der Waals surface area contributed by atoms with Crippen LogP contribution in [0.5, 0.6) is 0 Å². The van der Waals surface area contributed by atoms with Gasteiger partial charge in [-0.15, -0.1) is 0 Å². The normalized spacial score (nSPS) is 10.4.